The van der Waals surface area contributed by atoms with Crippen LogP contribution in [0.5, 0.6) is 0 Å². The van der Waals surface area contributed by atoms with Gasteiger partial charge in [-0.05, 0) is 38.3 Å². The summed E-state index contributed by atoms with van der Waals surface area (Å²) in [6.45, 7) is 11.1. The molecule has 1 aromatic rings. The first-order valence-electron chi connectivity index (χ1n) is 11.9. The summed E-state index contributed by atoms with van der Waals surface area (Å²) in [7, 11) is 0. The standard InChI is InChI=1S/C24H39N5O2/c1-2-25-24(26-11-6-7-12-28-14-16-31-17-15-28)27-19-22-18-23(30)29(20-22)13-10-21-8-4-3-5-9-21/h3-5,8-9,22H,2,6-7,10-20H2,1H3,(H2,25,26,27). The number of unbranched alkanes of at least 4 members (excludes halogenated alkanes) is 1. The first-order valence-corrected chi connectivity index (χ1v) is 11.9. The molecule has 1 amide bonds. The van der Waals surface area contributed by atoms with Crippen LogP contribution >= 0.6 is 0 Å². The maximum Gasteiger partial charge on any atom is 0.223 e. The fourth-order valence-electron chi connectivity index (χ4n) is 4.16. The van der Waals surface area contributed by atoms with Gasteiger partial charge in [0.2, 0.25) is 5.91 Å². The second-order valence-corrected chi connectivity index (χ2v) is 8.45. The molecule has 2 saturated heterocycles. The first kappa shape index (κ1) is 23.5. The summed E-state index contributed by atoms with van der Waals surface area (Å²) in [4.78, 5) is 21.6. The molecule has 1 aromatic carbocycles. The lowest BCUT2D eigenvalue weighted by molar-refractivity contribution is -0.127. The zero-order valence-electron chi connectivity index (χ0n) is 19.0. The molecule has 0 radical (unpaired) electrons. The van der Waals surface area contributed by atoms with E-state index in [4.69, 9.17) is 9.73 Å². The molecule has 0 spiro atoms. The van der Waals surface area contributed by atoms with Crippen LogP contribution < -0.4 is 10.6 Å². The number of amides is 1. The Labute approximate surface area is 187 Å². The van der Waals surface area contributed by atoms with Crippen molar-refractivity contribution in [1.82, 2.24) is 20.4 Å². The summed E-state index contributed by atoms with van der Waals surface area (Å²) < 4.78 is 5.40. The van der Waals surface area contributed by atoms with Crippen LogP contribution in [0, 0.1) is 5.92 Å². The van der Waals surface area contributed by atoms with Gasteiger partial charge >= 0.3 is 0 Å². The van der Waals surface area contributed by atoms with Crippen LogP contribution in [0.2, 0.25) is 0 Å². The molecule has 0 aliphatic carbocycles. The first-order chi connectivity index (χ1) is 15.2. The number of rotatable bonds is 11. The van der Waals surface area contributed by atoms with Crippen LogP contribution in [-0.2, 0) is 16.0 Å². The van der Waals surface area contributed by atoms with E-state index in [1.165, 1.54) is 12.0 Å². The van der Waals surface area contributed by atoms with Gasteiger partial charge in [-0.3, -0.25) is 14.7 Å². The molecule has 2 heterocycles. The van der Waals surface area contributed by atoms with Crippen molar-refractivity contribution in [3.8, 4) is 0 Å². The number of nitrogens with zero attached hydrogens (tertiary/aromatic N) is 3. The minimum absolute atomic E-state index is 0.261. The molecule has 2 fully saturated rings. The van der Waals surface area contributed by atoms with E-state index in [0.717, 1.165) is 77.8 Å². The maximum absolute atomic E-state index is 12.4. The number of benzene rings is 1. The molecule has 1 atom stereocenters. The van der Waals surface area contributed by atoms with Crippen molar-refractivity contribution < 1.29 is 9.53 Å². The van der Waals surface area contributed by atoms with Crippen LogP contribution in [0.4, 0.5) is 0 Å². The van der Waals surface area contributed by atoms with E-state index >= 15 is 0 Å². The monoisotopic (exact) mass is 429 g/mol. The number of hydrogen-bond donors (Lipinski definition) is 2. The number of ether oxygens (including phenoxy) is 1. The topological polar surface area (TPSA) is 69.2 Å². The molecule has 2 aliphatic rings. The van der Waals surface area contributed by atoms with Crippen molar-refractivity contribution in [2.75, 3.05) is 65.6 Å². The van der Waals surface area contributed by atoms with Gasteiger partial charge in [-0.2, -0.15) is 0 Å². The predicted octanol–water partition coefficient (Wildman–Crippen LogP) is 1.75. The van der Waals surface area contributed by atoms with Crippen LogP contribution in [0.25, 0.3) is 0 Å². The molecule has 0 aromatic heterocycles. The number of carbonyl (C=O) groups excluding carboxylic acids is 1. The zero-order valence-corrected chi connectivity index (χ0v) is 19.0. The van der Waals surface area contributed by atoms with E-state index in [0.29, 0.717) is 18.9 Å². The van der Waals surface area contributed by atoms with Gasteiger partial charge < -0.3 is 20.3 Å². The van der Waals surface area contributed by atoms with E-state index in [1.54, 1.807) is 0 Å². The molecule has 7 nitrogen and oxygen atoms in total. The van der Waals surface area contributed by atoms with E-state index in [-0.39, 0.29) is 5.91 Å². The lowest BCUT2D eigenvalue weighted by atomic mass is 10.1. The smallest absolute Gasteiger partial charge is 0.223 e. The lowest BCUT2D eigenvalue weighted by Gasteiger charge is -2.26. The third-order valence-electron chi connectivity index (χ3n) is 5.96. The highest BCUT2D eigenvalue weighted by molar-refractivity contribution is 5.80. The molecule has 0 bridgehead atoms. The Kier molecular flexibility index (Phi) is 10.1. The number of likely N-dealkylation sites (tertiary alicyclic amines) is 1. The Morgan fingerprint density at radius 1 is 1.13 bits per heavy atom. The molecule has 3 rings (SSSR count). The molecule has 2 aliphatic heterocycles. The molecule has 1 unspecified atom stereocenters. The molecule has 172 valence electrons. The minimum atomic E-state index is 0.261. The van der Waals surface area contributed by atoms with Crippen molar-refractivity contribution in [1.29, 1.82) is 0 Å². The van der Waals surface area contributed by atoms with E-state index < -0.39 is 0 Å². The zero-order chi connectivity index (χ0) is 21.7. The number of aliphatic imine (C=N–C) groups is 1. The van der Waals surface area contributed by atoms with Crippen molar-refractivity contribution >= 4 is 11.9 Å². The summed E-state index contributed by atoms with van der Waals surface area (Å²) in [5, 5.41) is 6.78. The second-order valence-electron chi connectivity index (χ2n) is 8.45. The summed E-state index contributed by atoms with van der Waals surface area (Å²) in [6.07, 6.45) is 3.82. The third-order valence-corrected chi connectivity index (χ3v) is 5.96. The van der Waals surface area contributed by atoms with Crippen LogP contribution in [0.3, 0.4) is 0 Å². The van der Waals surface area contributed by atoms with Crippen molar-refractivity contribution in [2.45, 2.75) is 32.6 Å². The summed E-state index contributed by atoms with van der Waals surface area (Å²) in [6, 6.07) is 10.4. The predicted molar refractivity (Wildman–Crippen MR) is 125 cm³/mol. The Hall–Kier alpha value is -2.12. The third kappa shape index (κ3) is 8.50. The Bertz CT molecular complexity index is 676. The average Bonchev–Trinajstić information content (AvgIpc) is 3.16. The molecular formula is C24H39N5O2. The van der Waals surface area contributed by atoms with Gasteiger partial charge in [-0.1, -0.05) is 30.3 Å². The highest BCUT2D eigenvalue weighted by Crippen LogP contribution is 2.18. The second kappa shape index (κ2) is 13.3. The van der Waals surface area contributed by atoms with E-state index in [9.17, 15) is 4.79 Å². The minimum Gasteiger partial charge on any atom is -0.379 e. The summed E-state index contributed by atoms with van der Waals surface area (Å²) >= 11 is 0. The van der Waals surface area contributed by atoms with Gasteiger partial charge in [0, 0.05) is 58.2 Å². The number of morpholine rings is 1. The van der Waals surface area contributed by atoms with Gasteiger partial charge in [-0.25, -0.2) is 0 Å². The maximum atomic E-state index is 12.4. The number of nitrogens with one attached hydrogen (secondary N) is 2. The summed E-state index contributed by atoms with van der Waals surface area (Å²) in [5.74, 6) is 1.43. The molecule has 7 heteroatoms. The molecular weight excluding hydrogens is 390 g/mol. The average molecular weight is 430 g/mol. The Morgan fingerprint density at radius 2 is 1.94 bits per heavy atom. The number of guanidine groups is 1. The van der Waals surface area contributed by atoms with E-state index in [1.807, 2.05) is 11.0 Å². The lowest BCUT2D eigenvalue weighted by Crippen LogP contribution is -2.39. The van der Waals surface area contributed by atoms with Crippen LogP contribution in [0.1, 0.15) is 31.7 Å². The molecule has 0 saturated carbocycles. The largest absolute Gasteiger partial charge is 0.379 e. The molecule has 2 N–H and O–H groups in total. The van der Waals surface area contributed by atoms with Gasteiger partial charge in [0.1, 0.15) is 0 Å². The summed E-state index contributed by atoms with van der Waals surface area (Å²) in [5.41, 5.74) is 1.28. The Balaban J connectivity index is 1.34. The van der Waals surface area contributed by atoms with Gasteiger partial charge in [0.15, 0.2) is 5.96 Å². The highest BCUT2D eigenvalue weighted by atomic mass is 16.5. The van der Waals surface area contributed by atoms with Crippen molar-refractivity contribution in [3.05, 3.63) is 35.9 Å². The van der Waals surface area contributed by atoms with Crippen LogP contribution in [-0.4, -0.2) is 87.2 Å². The highest BCUT2D eigenvalue weighted by Gasteiger charge is 2.29. The fraction of sp³-hybridized carbons (Fsp3) is 0.667. The fourth-order valence-corrected chi connectivity index (χ4v) is 4.16. The van der Waals surface area contributed by atoms with Gasteiger partial charge in [0.05, 0.1) is 13.2 Å². The normalized spacial score (nSPS) is 20.3. The van der Waals surface area contributed by atoms with Crippen LogP contribution in [0.15, 0.2) is 35.3 Å². The quantitative estimate of drug-likeness (QED) is 0.319. The number of hydrogen-bond acceptors (Lipinski definition) is 4. The van der Waals surface area contributed by atoms with Crippen molar-refractivity contribution in [3.63, 3.8) is 0 Å². The Morgan fingerprint density at radius 3 is 2.71 bits per heavy atom. The number of carbonyl (C=O) groups is 1. The SMILES string of the molecule is CCNC(=NCC1CC(=O)N(CCc2ccccc2)C1)NCCCCN1CCOCC1. The van der Waals surface area contributed by atoms with Crippen molar-refractivity contribution in [2.24, 2.45) is 10.9 Å². The van der Waals surface area contributed by atoms with Gasteiger partial charge in [-0.15, -0.1) is 0 Å². The van der Waals surface area contributed by atoms with Gasteiger partial charge in [0.25, 0.3) is 0 Å². The molecule has 31 heavy (non-hydrogen) atoms. The van der Waals surface area contributed by atoms with E-state index in [2.05, 4.69) is 46.7 Å².